The van der Waals surface area contributed by atoms with Gasteiger partial charge in [-0.2, -0.15) is 5.10 Å². The van der Waals surface area contributed by atoms with Gasteiger partial charge >= 0.3 is 0 Å². The Kier molecular flexibility index (Phi) is 3.49. The Bertz CT molecular complexity index is 508. The van der Waals surface area contributed by atoms with E-state index >= 15 is 0 Å². The van der Waals surface area contributed by atoms with E-state index in [0.29, 0.717) is 18.7 Å². The Labute approximate surface area is 98.1 Å². The summed E-state index contributed by atoms with van der Waals surface area (Å²) in [5, 5.41) is 7.12. The van der Waals surface area contributed by atoms with Gasteiger partial charge in [0.1, 0.15) is 11.6 Å². The van der Waals surface area contributed by atoms with E-state index in [0.717, 1.165) is 11.8 Å². The molecule has 0 spiro atoms. The minimum absolute atomic E-state index is 0.302. The van der Waals surface area contributed by atoms with Crippen molar-refractivity contribution in [2.45, 2.75) is 13.1 Å². The number of halogens is 2. The fourth-order valence-corrected chi connectivity index (χ4v) is 1.64. The van der Waals surface area contributed by atoms with E-state index in [1.807, 2.05) is 13.1 Å². The lowest BCUT2D eigenvalue weighted by Crippen LogP contribution is -2.13. The summed E-state index contributed by atoms with van der Waals surface area (Å²) in [6, 6.07) is 5.43. The highest BCUT2D eigenvalue weighted by molar-refractivity contribution is 5.19. The molecule has 0 aliphatic carbocycles. The van der Waals surface area contributed by atoms with Crippen LogP contribution in [0.15, 0.2) is 30.5 Å². The first-order valence-electron chi connectivity index (χ1n) is 5.30. The van der Waals surface area contributed by atoms with Crippen molar-refractivity contribution in [3.63, 3.8) is 0 Å². The Morgan fingerprint density at radius 1 is 1.29 bits per heavy atom. The third-order valence-electron chi connectivity index (χ3n) is 2.50. The van der Waals surface area contributed by atoms with Gasteiger partial charge in [0.25, 0.3) is 0 Å². The molecule has 0 unspecified atom stereocenters. The maximum atomic E-state index is 13.5. The number of hydrogen-bond acceptors (Lipinski definition) is 2. The van der Waals surface area contributed by atoms with Crippen LogP contribution in [0.1, 0.15) is 11.3 Å². The van der Waals surface area contributed by atoms with E-state index in [-0.39, 0.29) is 0 Å². The Morgan fingerprint density at radius 2 is 2.12 bits per heavy atom. The molecule has 0 saturated carbocycles. The Balaban J connectivity index is 2.22. The van der Waals surface area contributed by atoms with Crippen molar-refractivity contribution in [2.24, 2.45) is 0 Å². The van der Waals surface area contributed by atoms with Crippen LogP contribution in [0.25, 0.3) is 0 Å². The molecule has 2 rings (SSSR count). The summed E-state index contributed by atoms with van der Waals surface area (Å²) in [4.78, 5) is 0. The predicted molar refractivity (Wildman–Crippen MR) is 60.5 cm³/mol. The quantitative estimate of drug-likeness (QED) is 0.880. The molecule has 1 N–H and O–H groups in total. The van der Waals surface area contributed by atoms with Gasteiger partial charge in [0, 0.05) is 24.4 Å². The second-order valence-electron chi connectivity index (χ2n) is 3.75. The molecule has 0 aliphatic heterocycles. The first-order chi connectivity index (χ1) is 8.20. The first kappa shape index (κ1) is 11.7. The smallest absolute Gasteiger partial charge is 0.131 e. The number of hydrogen-bond donors (Lipinski definition) is 1. The molecular formula is C12H13F2N3. The number of benzene rings is 1. The maximum Gasteiger partial charge on any atom is 0.131 e. The molecule has 17 heavy (non-hydrogen) atoms. The minimum Gasteiger partial charge on any atom is -0.314 e. The zero-order chi connectivity index (χ0) is 12.3. The van der Waals surface area contributed by atoms with Crippen LogP contribution in [0, 0.1) is 11.6 Å². The summed E-state index contributed by atoms with van der Waals surface area (Å²) in [7, 11) is 1.83. The van der Waals surface area contributed by atoms with E-state index in [9.17, 15) is 8.78 Å². The normalized spacial score (nSPS) is 10.8. The number of rotatable bonds is 4. The highest BCUT2D eigenvalue weighted by atomic mass is 19.1. The maximum absolute atomic E-state index is 13.5. The van der Waals surface area contributed by atoms with E-state index in [4.69, 9.17) is 0 Å². The lowest BCUT2D eigenvalue weighted by molar-refractivity contribution is 0.550. The van der Waals surface area contributed by atoms with E-state index in [1.165, 1.54) is 12.1 Å². The van der Waals surface area contributed by atoms with Crippen LogP contribution in [-0.4, -0.2) is 16.8 Å². The molecule has 0 radical (unpaired) electrons. The molecule has 0 fully saturated rings. The van der Waals surface area contributed by atoms with Crippen molar-refractivity contribution in [1.29, 1.82) is 0 Å². The van der Waals surface area contributed by atoms with Crippen LogP contribution in [0.3, 0.4) is 0 Å². The van der Waals surface area contributed by atoms with Gasteiger partial charge in [-0.3, -0.25) is 4.68 Å². The minimum atomic E-state index is -0.567. The van der Waals surface area contributed by atoms with Gasteiger partial charge < -0.3 is 5.32 Å². The molecule has 0 saturated heterocycles. The van der Waals surface area contributed by atoms with Crippen molar-refractivity contribution in [3.8, 4) is 0 Å². The summed E-state index contributed by atoms with van der Waals surface area (Å²) in [6.45, 7) is 0.957. The zero-order valence-electron chi connectivity index (χ0n) is 9.45. The molecule has 0 bridgehead atoms. The third-order valence-corrected chi connectivity index (χ3v) is 2.50. The van der Waals surface area contributed by atoms with Crippen molar-refractivity contribution < 1.29 is 8.78 Å². The SMILES string of the molecule is CNCc1ccnn1Cc1ccc(F)cc1F. The standard InChI is InChI=1S/C12H13F2N3/c1-15-7-11-4-5-16-17(11)8-9-2-3-10(13)6-12(9)14/h2-6,15H,7-8H2,1H3. The third kappa shape index (κ3) is 2.68. The second-order valence-corrected chi connectivity index (χ2v) is 3.75. The summed E-state index contributed by atoms with van der Waals surface area (Å²) in [5.74, 6) is -1.11. The van der Waals surface area contributed by atoms with Gasteiger partial charge in [0.15, 0.2) is 0 Å². The molecule has 0 atom stereocenters. The lowest BCUT2D eigenvalue weighted by Gasteiger charge is -2.08. The van der Waals surface area contributed by atoms with Gasteiger partial charge in [-0.25, -0.2) is 8.78 Å². The number of aromatic nitrogens is 2. The lowest BCUT2D eigenvalue weighted by atomic mass is 10.2. The van der Waals surface area contributed by atoms with Gasteiger partial charge in [0.05, 0.1) is 12.2 Å². The van der Waals surface area contributed by atoms with Crippen LogP contribution < -0.4 is 5.32 Å². The van der Waals surface area contributed by atoms with Gasteiger partial charge in [-0.05, 0) is 19.2 Å². The number of nitrogens with zero attached hydrogens (tertiary/aromatic N) is 2. The van der Waals surface area contributed by atoms with Crippen LogP contribution in [-0.2, 0) is 13.1 Å². The summed E-state index contributed by atoms with van der Waals surface area (Å²) in [6.07, 6.45) is 1.66. The highest BCUT2D eigenvalue weighted by Gasteiger charge is 2.07. The van der Waals surface area contributed by atoms with Gasteiger partial charge in [-0.15, -0.1) is 0 Å². The van der Waals surface area contributed by atoms with E-state index < -0.39 is 11.6 Å². The van der Waals surface area contributed by atoms with E-state index in [1.54, 1.807) is 10.9 Å². The molecule has 0 aliphatic rings. The first-order valence-corrected chi connectivity index (χ1v) is 5.30. The molecule has 0 amide bonds. The molecule has 1 aromatic heterocycles. The molecule has 1 aromatic carbocycles. The van der Waals surface area contributed by atoms with Crippen LogP contribution in [0.2, 0.25) is 0 Å². The van der Waals surface area contributed by atoms with Crippen molar-refractivity contribution >= 4 is 0 Å². The molecular weight excluding hydrogens is 224 g/mol. The molecule has 3 nitrogen and oxygen atoms in total. The summed E-state index contributed by atoms with van der Waals surface area (Å²) < 4.78 is 27.9. The average Bonchev–Trinajstić information content (AvgIpc) is 2.71. The fourth-order valence-electron chi connectivity index (χ4n) is 1.64. The summed E-state index contributed by atoms with van der Waals surface area (Å²) in [5.41, 5.74) is 1.38. The molecule has 1 heterocycles. The number of nitrogens with one attached hydrogen (secondary N) is 1. The Morgan fingerprint density at radius 3 is 2.82 bits per heavy atom. The molecule has 2 aromatic rings. The van der Waals surface area contributed by atoms with Crippen molar-refractivity contribution in [2.75, 3.05) is 7.05 Å². The van der Waals surface area contributed by atoms with Crippen molar-refractivity contribution in [3.05, 3.63) is 53.4 Å². The largest absolute Gasteiger partial charge is 0.314 e. The molecule has 90 valence electrons. The fraction of sp³-hybridized carbons (Fsp3) is 0.250. The zero-order valence-corrected chi connectivity index (χ0v) is 9.45. The highest BCUT2D eigenvalue weighted by Crippen LogP contribution is 2.12. The van der Waals surface area contributed by atoms with Gasteiger partial charge in [0.2, 0.25) is 0 Å². The van der Waals surface area contributed by atoms with Crippen LogP contribution >= 0.6 is 0 Å². The summed E-state index contributed by atoms with van der Waals surface area (Å²) >= 11 is 0. The van der Waals surface area contributed by atoms with E-state index in [2.05, 4.69) is 10.4 Å². The topological polar surface area (TPSA) is 29.9 Å². The second kappa shape index (κ2) is 5.05. The Hall–Kier alpha value is -1.75. The molecule has 5 heteroatoms. The van der Waals surface area contributed by atoms with Crippen molar-refractivity contribution in [1.82, 2.24) is 15.1 Å². The predicted octanol–water partition coefficient (Wildman–Crippen LogP) is 1.93. The monoisotopic (exact) mass is 237 g/mol. The van der Waals surface area contributed by atoms with Gasteiger partial charge in [-0.1, -0.05) is 6.07 Å². The van der Waals surface area contributed by atoms with Crippen LogP contribution in [0.5, 0.6) is 0 Å². The average molecular weight is 237 g/mol. The van der Waals surface area contributed by atoms with Crippen LogP contribution in [0.4, 0.5) is 8.78 Å².